The minimum Gasteiger partial charge on any atom is -0.383 e. The van der Waals surface area contributed by atoms with E-state index in [0.717, 1.165) is 0 Å². The zero-order valence-electron chi connectivity index (χ0n) is 15.5. The lowest BCUT2D eigenvalue weighted by atomic mass is 9.74. The summed E-state index contributed by atoms with van der Waals surface area (Å²) in [5.41, 5.74) is 11.4. The largest absolute Gasteiger partial charge is 0.383 e. The lowest BCUT2D eigenvalue weighted by Crippen LogP contribution is -2.47. The summed E-state index contributed by atoms with van der Waals surface area (Å²) in [6.45, 7) is 0. The number of nitrogens with one attached hydrogen (secondary N) is 1. The number of amides is 1. The second kappa shape index (κ2) is 9.44. The van der Waals surface area contributed by atoms with E-state index in [1.54, 1.807) is 0 Å². The Bertz CT molecular complexity index is 561. The Morgan fingerprint density at radius 3 is 2.00 bits per heavy atom. The molecule has 144 valence electrons. The van der Waals surface area contributed by atoms with Crippen LogP contribution in [0.4, 0.5) is 11.6 Å². The number of anilines is 2. The molecule has 0 saturated heterocycles. The third-order valence-corrected chi connectivity index (χ3v) is 6.57. The van der Waals surface area contributed by atoms with E-state index in [1.807, 2.05) is 0 Å². The van der Waals surface area contributed by atoms with Gasteiger partial charge in [-0.15, -0.1) is 0 Å². The Hall–Kier alpha value is -1.50. The number of carbonyl (C=O) groups excluding carboxylic acids is 1. The number of thioether (sulfide) groups is 1. The average Bonchev–Trinajstić information content (AvgIpc) is 2.65. The maximum Gasteiger partial charge on any atom is 0.230 e. The van der Waals surface area contributed by atoms with Crippen molar-refractivity contribution >= 4 is 29.3 Å². The highest BCUT2D eigenvalue weighted by Gasteiger charge is 2.32. The summed E-state index contributed by atoms with van der Waals surface area (Å²) < 4.78 is 0. The number of hydrogen-bond acceptors (Lipinski definition) is 6. The van der Waals surface area contributed by atoms with Crippen LogP contribution in [0.3, 0.4) is 0 Å². The minimum atomic E-state index is 0.0701. The van der Waals surface area contributed by atoms with Crippen molar-refractivity contribution in [1.82, 2.24) is 15.3 Å². The molecule has 1 heterocycles. The maximum absolute atomic E-state index is 12.6. The summed E-state index contributed by atoms with van der Waals surface area (Å²) >= 11 is 1.30. The van der Waals surface area contributed by atoms with Crippen molar-refractivity contribution in [3.63, 3.8) is 0 Å². The number of nitrogen functional groups attached to an aromatic ring is 2. The van der Waals surface area contributed by atoms with Crippen LogP contribution in [0.1, 0.15) is 64.2 Å². The Labute approximate surface area is 160 Å². The number of carbonyl (C=O) groups is 1. The summed E-state index contributed by atoms with van der Waals surface area (Å²) in [5.74, 6) is 2.32. The van der Waals surface area contributed by atoms with Crippen molar-refractivity contribution in [2.45, 2.75) is 75.4 Å². The Kier molecular flexibility index (Phi) is 7.00. The van der Waals surface area contributed by atoms with Crippen LogP contribution in [-0.2, 0) is 4.79 Å². The van der Waals surface area contributed by atoms with E-state index in [4.69, 9.17) is 11.5 Å². The summed E-state index contributed by atoms with van der Waals surface area (Å²) in [7, 11) is 0. The van der Waals surface area contributed by atoms with Crippen LogP contribution >= 0.6 is 11.8 Å². The van der Waals surface area contributed by atoms with E-state index in [0.29, 0.717) is 40.4 Å². The van der Waals surface area contributed by atoms with Gasteiger partial charge in [-0.1, -0.05) is 50.3 Å². The molecular weight excluding hydrogens is 346 g/mol. The average molecular weight is 378 g/mol. The van der Waals surface area contributed by atoms with Gasteiger partial charge in [-0.05, 0) is 37.5 Å². The molecule has 0 aliphatic heterocycles. The van der Waals surface area contributed by atoms with Crippen LogP contribution in [0.2, 0.25) is 0 Å². The van der Waals surface area contributed by atoms with Gasteiger partial charge < -0.3 is 16.8 Å². The van der Waals surface area contributed by atoms with E-state index in [2.05, 4.69) is 15.3 Å². The van der Waals surface area contributed by atoms with Gasteiger partial charge in [0.2, 0.25) is 5.91 Å². The van der Waals surface area contributed by atoms with E-state index < -0.39 is 0 Å². The van der Waals surface area contributed by atoms with Gasteiger partial charge in [-0.2, -0.15) is 0 Å². The molecular formula is C19H31N5OS. The Morgan fingerprint density at radius 2 is 1.50 bits per heavy atom. The summed E-state index contributed by atoms with van der Waals surface area (Å²) in [5, 5.41) is 3.84. The van der Waals surface area contributed by atoms with E-state index in [9.17, 15) is 4.79 Å². The molecule has 3 rings (SSSR count). The van der Waals surface area contributed by atoms with E-state index >= 15 is 0 Å². The third-order valence-electron chi connectivity index (χ3n) is 5.72. The molecule has 7 heteroatoms. The Balaban J connectivity index is 1.58. The fourth-order valence-electron chi connectivity index (χ4n) is 4.49. The molecule has 0 aromatic carbocycles. The lowest BCUT2D eigenvalue weighted by molar-refractivity contribution is -0.120. The molecule has 2 aliphatic carbocycles. The topological polar surface area (TPSA) is 107 Å². The first-order valence-electron chi connectivity index (χ1n) is 9.94. The fourth-order valence-corrected chi connectivity index (χ4v) is 5.17. The van der Waals surface area contributed by atoms with Gasteiger partial charge in [-0.3, -0.25) is 4.79 Å². The van der Waals surface area contributed by atoms with Gasteiger partial charge in [0.15, 0.2) is 5.16 Å². The van der Waals surface area contributed by atoms with Gasteiger partial charge in [0.1, 0.15) is 11.6 Å². The molecule has 2 saturated carbocycles. The highest BCUT2D eigenvalue weighted by Crippen LogP contribution is 2.35. The standard InChI is InChI=1S/C19H31N5OS/c20-15-11-16(21)23-19(22-15)26-12-17(25)24-18(13-7-3-1-4-8-13)14-9-5-2-6-10-14/h11,13-14,18H,1-10,12H2,(H,24,25)(H4,20,21,22,23). The molecule has 2 aliphatic rings. The number of rotatable bonds is 6. The number of nitrogens with zero attached hydrogens (tertiary/aromatic N) is 2. The molecule has 0 unspecified atom stereocenters. The molecule has 0 bridgehead atoms. The molecule has 5 N–H and O–H groups in total. The first-order valence-corrected chi connectivity index (χ1v) is 10.9. The monoisotopic (exact) mass is 377 g/mol. The molecule has 0 radical (unpaired) electrons. The fraction of sp³-hybridized carbons (Fsp3) is 0.737. The van der Waals surface area contributed by atoms with Crippen molar-refractivity contribution in [1.29, 1.82) is 0 Å². The summed E-state index contributed by atoms with van der Waals surface area (Å²) in [6.07, 6.45) is 12.9. The smallest absolute Gasteiger partial charge is 0.230 e. The van der Waals surface area contributed by atoms with Gasteiger partial charge >= 0.3 is 0 Å². The van der Waals surface area contributed by atoms with Crippen molar-refractivity contribution in [2.75, 3.05) is 17.2 Å². The minimum absolute atomic E-state index is 0.0701. The summed E-state index contributed by atoms with van der Waals surface area (Å²) in [6, 6.07) is 1.85. The van der Waals surface area contributed by atoms with Crippen molar-refractivity contribution in [3.05, 3.63) is 6.07 Å². The molecule has 2 fully saturated rings. The van der Waals surface area contributed by atoms with Gasteiger partial charge in [-0.25, -0.2) is 9.97 Å². The zero-order chi connectivity index (χ0) is 18.4. The van der Waals surface area contributed by atoms with Crippen LogP contribution in [0, 0.1) is 11.8 Å². The van der Waals surface area contributed by atoms with Crippen molar-refractivity contribution < 1.29 is 4.79 Å². The highest BCUT2D eigenvalue weighted by molar-refractivity contribution is 7.99. The van der Waals surface area contributed by atoms with Gasteiger partial charge in [0, 0.05) is 12.1 Å². The first-order chi connectivity index (χ1) is 12.6. The van der Waals surface area contributed by atoms with Crippen LogP contribution in [0.5, 0.6) is 0 Å². The predicted molar refractivity (Wildman–Crippen MR) is 107 cm³/mol. The molecule has 0 spiro atoms. The zero-order valence-corrected chi connectivity index (χ0v) is 16.3. The normalized spacial score (nSPS) is 19.6. The van der Waals surface area contributed by atoms with Crippen LogP contribution in [-0.4, -0.2) is 27.7 Å². The van der Waals surface area contributed by atoms with Crippen LogP contribution in [0.25, 0.3) is 0 Å². The molecule has 0 atom stereocenters. The SMILES string of the molecule is Nc1cc(N)nc(SCC(=O)NC(C2CCCCC2)C2CCCCC2)n1. The number of hydrogen-bond donors (Lipinski definition) is 3. The lowest BCUT2D eigenvalue weighted by Gasteiger charge is -2.38. The van der Waals surface area contributed by atoms with Crippen molar-refractivity contribution in [3.8, 4) is 0 Å². The second-order valence-electron chi connectivity index (χ2n) is 7.68. The Morgan fingerprint density at radius 1 is 1.00 bits per heavy atom. The quantitative estimate of drug-likeness (QED) is 0.518. The maximum atomic E-state index is 12.6. The molecule has 26 heavy (non-hydrogen) atoms. The molecule has 1 amide bonds. The molecule has 1 aromatic heterocycles. The van der Waals surface area contributed by atoms with Gasteiger partial charge in [0.05, 0.1) is 5.75 Å². The number of nitrogens with two attached hydrogens (primary N) is 2. The highest BCUT2D eigenvalue weighted by atomic mass is 32.2. The number of aromatic nitrogens is 2. The van der Waals surface area contributed by atoms with Crippen LogP contribution < -0.4 is 16.8 Å². The predicted octanol–water partition coefficient (Wildman–Crippen LogP) is 3.38. The van der Waals surface area contributed by atoms with Gasteiger partial charge in [0.25, 0.3) is 0 Å². The second-order valence-corrected chi connectivity index (χ2v) is 8.62. The first kappa shape index (κ1) is 19.3. The molecule has 1 aromatic rings. The van der Waals surface area contributed by atoms with Crippen molar-refractivity contribution in [2.24, 2.45) is 11.8 Å². The van der Waals surface area contributed by atoms with E-state index in [-0.39, 0.29) is 5.91 Å². The van der Waals surface area contributed by atoms with E-state index in [1.165, 1.54) is 82.0 Å². The third kappa shape index (κ3) is 5.50. The van der Waals surface area contributed by atoms with Crippen LogP contribution in [0.15, 0.2) is 11.2 Å². The molecule has 6 nitrogen and oxygen atoms in total. The summed E-state index contributed by atoms with van der Waals surface area (Å²) in [4.78, 5) is 20.9.